The fraction of sp³-hybridized carbons (Fsp3) is 0.136. The van der Waals surface area contributed by atoms with Crippen molar-refractivity contribution in [1.82, 2.24) is 9.97 Å². The number of fused-ring (bicyclic) bond motifs is 1. The molecule has 0 saturated carbocycles. The third kappa shape index (κ3) is 3.44. The van der Waals surface area contributed by atoms with Crippen LogP contribution < -0.4 is 9.47 Å². The second-order valence-electron chi connectivity index (χ2n) is 6.23. The number of methoxy groups -OCH3 is 2. The first-order chi connectivity index (χ1) is 13.7. The second-order valence-corrected chi connectivity index (χ2v) is 6.23. The first kappa shape index (κ1) is 17.7. The van der Waals surface area contributed by atoms with Crippen molar-refractivity contribution in [3.05, 3.63) is 72.1 Å². The van der Waals surface area contributed by atoms with Crippen molar-refractivity contribution in [1.29, 1.82) is 0 Å². The minimum Gasteiger partial charge on any atom is -0.493 e. The first-order valence-corrected chi connectivity index (χ1v) is 8.73. The molecule has 28 heavy (non-hydrogen) atoms. The van der Waals surface area contributed by atoms with E-state index in [0.717, 1.165) is 11.1 Å². The van der Waals surface area contributed by atoms with Crippen LogP contribution >= 0.6 is 0 Å². The van der Waals surface area contributed by atoms with E-state index in [9.17, 15) is 4.79 Å². The van der Waals surface area contributed by atoms with E-state index >= 15 is 0 Å². The highest BCUT2D eigenvalue weighted by Crippen LogP contribution is 2.29. The highest BCUT2D eigenvalue weighted by atomic mass is 16.5. The lowest BCUT2D eigenvalue weighted by atomic mass is 10.0. The summed E-state index contributed by atoms with van der Waals surface area (Å²) in [5.74, 6) is 1.61. The van der Waals surface area contributed by atoms with Gasteiger partial charge in [0.1, 0.15) is 5.52 Å². The smallest absolute Gasteiger partial charge is 0.227 e. The lowest BCUT2D eigenvalue weighted by Gasteiger charge is -2.09. The first-order valence-electron chi connectivity index (χ1n) is 8.73. The molecule has 0 unspecified atom stereocenters. The maximum atomic E-state index is 12.7. The molecule has 2 heterocycles. The zero-order valence-corrected chi connectivity index (χ0v) is 15.5. The van der Waals surface area contributed by atoms with E-state index in [1.165, 1.54) is 0 Å². The number of hydrogen-bond donors (Lipinski definition) is 0. The Labute approximate surface area is 161 Å². The monoisotopic (exact) mass is 374 g/mol. The van der Waals surface area contributed by atoms with Gasteiger partial charge in [0.05, 0.1) is 20.4 Å². The lowest BCUT2D eigenvalue weighted by Crippen LogP contribution is -2.04. The van der Waals surface area contributed by atoms with E-state index in [1.807, 2.05) is 24.3 Å². The number of Topliss-reactive ketones (excluding diaryl/α,β-unsaturated/α-hetero) is 1. The van der Waals surface area contributed by atoms with E-state index in [4.69, 9.17) is 13.9 Å². The maximum Gasteiger partial charge on any atom is 0.227 e. The van der Waals surface area contributed by atoms with Crippen molar-refractivity contribution < 1.29 is 18.7 Å². The SMILES string of the molecule is COc1ccc(C(=O)Cc2cccc(-c3nc4cnccc4o3)c2)cc1OC. The molecule has 0 aliphatic carbocycles. The minimum atomic E-state index is -0.0140. The van der Waals surface area contributed by atoms with Crippen LogP contribution in [0.5, 0.6) is 11.5 Å². The molecule has 0 saturated heterocycles. The van der Waals surface area contributed by atoms with Gasteiger partial charge in [0.25, 0.3) is 0 Å². The van der Waals surface area contributed by atoms with Crippen molar-refractivity contribution >= 4 is 16.9 Å². The summed E-state index contributed by atoms with van der Waals surface area (Å²) >= 11 is 0. The number of rotatable bonds is 6. The number of pyridine rings is 1. The van der Waals surface area contributed by atoms with Crippen LogP contribution in [0.25, 0.3) is 22.6 Å². The number of ketones is 1. The van der Waals surface area contributed by atoms with Gasteiger partial charge in [0.15, 0.2) is 22.9 Å². The topological polar surface area (TPSA) is 74.5 Å². The van der Waals surface area contributed by atoms with Gasteiger partial charge in [-0.2, -0.15) is 0 Å². The van der Waals surface area contributed by atoms with Gasteiger partial charge in [-0.25, -0.2) is 4.98 Å². The molecule has 0 amide bonds. The number of carbonyl (C=O) groups excluding carboxylic acids is 1. The van der Waals surface area contributed by atoms with Gasteiger partial charge in [-0.15, -0.1) is 0 Å². The van der Waals surface area contributed by atoms with E-state index < -0.39 is 0 Å². The third-order valence-corrected chi connectivity index (χ3v) is 4.43. The average Bonchev–Trinajstić information content (AvgIpc) is 3.17. The summed E-state index contributed by atoms with van der Waals surface area (Å²) in [5, 5.41) is 0. The minimum absolute atomic E-state index is 0.0140. The quantitative estimate of drug-likeness (QED) is 0.468. The van der Waals surface area contributed by atoms with E-state index in [2.05, 4.69) is 9.97 Å². The highest BCUT2D eigenvalue weighted by molar-refractivity contribution is 5.98. The van der Waals surface area contributed by atoms with E-state index in [-0.39, 0.29) is 12.2 Å². The molecule has 0 fully saturated rings. The number of ether oxygens (including phenoxy) is 2. The Balaban J connectivity index is 1.59. The molecule has 140 valence electrons. The zero-order chi connectivity index (χ0) is 19.5. The van der Waals surface area contributed by atoms with Gasteiger partial charge < -0.3 is 13.9 Å². The molecule has 4 aromatic rings. The molecule has 0 bridgehead atoms. The van der Waals surface area contributed by atoms with Crippen molar-refractivity contribution in [2.24, 2.45) is 0 Å². The van der Waals surface area contributed by atoms with Crippen molar-refractivity contribution in [3.63, 3.8) is 0 Å². The second kappa shape index (κ2) is 7.52. The van der Waals surface area contributed by atoms with Crippen LogP contribution in [0.15, 0.2) is 65.3 Å². The summed E-state index contributed by atoms with van der Waals surface area (Å²) < 4.78 is 16.3. The molecule has 4 rings (SSSR count). The van der Waals surface area contributed by atoms with Gasteiger partial charge in [0, 0.05) is 29.8 Å². The lowest BCUT2D eigenvalue weighted by molar-refractivity contribution is 0.0992. The molecule has 0 aliphatic rings. The summed E-state index contributed by atoms with van der Waals surface area (Å²) in [6.07, 6.45) is 3.58. The highest BCUT2D eigenvalue weighted by Gasteiger charge is 2.13. The zero-order valence-electron chi connectivity index (χ0n) is 15.5. The summed E-state index contributed by atoms with van der Waals surface area (Å²) in [6.45, 7) is 0. The summed E-state index contributed by atoms with van der Waals surface area (Å²) in [7, 11) is 3.11. The molecule has 0 aliphatic heterocycles. The summed E-state index contributed by atoms with van der Waals surface area (Å²) in [4.78, 5) is 21.2. The van der Waals surface area contributed by atoms with Crippen LogP contribution in [-0.4, -0.2) is 30.0 Å². The number of oxazole rings is 1. The van der Waals surface area contributed by atoms with Gasteiger partial charge in [-0.1, -0.05) is 12.1 Å². The molecule has 6 heteroatoms. The van der Waals surface area contributed by atoms with E-state index in [1.54, 1.807) is 50.9 Å². The molecular formula is C22H18N2O4. The van der Waals surface area contributed by atoms with Crippen molar-refractivity contribution in [3.8, 4) is 23.0 Å². The average molecular weight is 374 g/mol. The fourth-order valence-electron chi connectivity index (χ4n) is 3.01. The van der Waals surface area contributed by atoms with Crippen LogP contribution in [0.3, 0.4) is 0 Å². The molecule has 0 spiro atoms. The molecule has 0 atom stereocenters. The van der Waals surface area contributed by atoms with Crippen LogP contribution in [0.2, 0.25) is 0 Å². The summed E-state index contributed by atoms with van der Waals surface area (Å²) in [5.41, 5.74) is 3.63. The molecule has 0 radical (unpaired) electrons. The van der Waals surface area contributed by atoms with E-state index in [0.29, 0.717) is 34.1 Å². The maximum absolute atomic E-state index is 12.7. The number of benzene rings is 2. The van der Waals surface area contributed by atoms with Gasteiger partial charge in [-0.3, -0.25) is 9.78 Å². The predicted octanol–water partition coefficient (Wildman–Crippen LogP) is 4.33. The summed E-state index contributed by atoms with van der Waals surface area (Å²) in [6, 6.07) is 14.6. The fourth-order valence-corrected chi connectivity index (χ4v) is 3.01. The Morgan fingerprint density at radius 2 is 1.89 bits per heavy atom. The standard InChI is InChI=1S/C22H18N2O4/c1-26-20-7-6-15(12-21(20)27-2)18(25)11-14-4-3-5-16(10-14)22-24-17-13-23-9-8-19(17)28-22/h3-10,12-13H,11H2,1-2H3. The number of aromatic nitrogens is 2. The van der Waals surface area contributed by atoms with Gasteiger partial charge in [-0.05, 0) is 35.9 Å². The Bertz CT molecular complexity index is 1120. The number of carbonyl (C=O) groups is 1. The molecule has 6 nitrogen and oxygen atoms in total. The molecule has 2 aromatic heterocycles. The molecule has 0 N–H and O–H groups in total. The molecular weight excluding hydrogens is 356 g/mol. The Hall–Kier alpha value is -3.67. The Morgan fingerprint density at radius 1 is 1.04 bits per heavy atom. The third-order valence-electron chi connectivity index (χ3n) is 4.43. The van der Waals surface area contributed by atoms with Crippen LogP contribution in [0.1, 0.15) is 15.9 Å². The predicted molar refractivity (Wildman–Crippen MR) is 105 cm³/mol. The van der Waals surface area contributed by atoms with Crippen molar-refractivity contribution in [2.75, 3.05) is 14.2 Å². The van der Waals surface area contributed by atoms with Gasteiger partial charge in [0.2, 0.25) is 5.89 Å². The normalized spacial score (nSPS) is 10.8. The Morgan fingerprint density at radius 3 is 2.68 bits per heavy atom. The van der Waals surface area contributed by atoms with Crippen molar-refractivity contribution in [2.45, 2.75) is 6.42 Å². The number of nitrogens with zero attached hydrogens (tertiary/aromatic N) is 2. The number of hydrogen-bond acceptors (Lipinski definition) is 6. The Kier molecular flexibility index (Phi) is 4.76. The van der Waals surface area contributed by atoms with Crippen LogP contribution in [0.4, 0.5) is 0 Å². The largest absolute Gasteiger partial charge is 0.493 e. The van der Waals surface area contributed by atoms with Gasteiger partial charge >= 0.3 is 0 Å². The van der Waals surface area contributed by atoms with Crippen LogP contribution in [-0.2, 0) is 6.42 Å². The molecule has 2 aromatic carbocycles. The van der Waals surface area contributed by atoms with Crippen LogP contribution in [0, 0.1) is 0 Å².